The first-order valence-corrected chi connectivity index (χ1v) is 6.22. The molecule has 0 bridgehead atoms. The van der Waals surface area contributed by atoms with Crippen LogP contribution in [-0.4, -0.2) is 0 Å². The van der Waals surface area contributed by atoms with Crippen LogP contribution in [-0.2, 0) is 6.18 Å². The van der Waals surface area contributed by atoms with E-state index in [0.29, 0.717) is 11.6 Å². The molecule has 7 heteroatoms. The van der Waals surface area contributed by atoms with Crippen molar-refractivity contribution in [1.29, 1.82) is 0 Å². The molecule has 0 spiro atoms. The Morgan fingerprint density at radius 3 is 2.47 bits per heavy atom. The molecule has 102 valence electrons. The Balaban J connectivity index is 2.48. The SMILES string of the molecule is NNC(c1ccsc1)c1cc(C(F)(F)F)ccc1F. The summed E-state index contributed by atoms with van der Waals surface area (Å²) in [7, 11) is 0. The number of rotatable bonds is 3. The second-order valence-electron chi connectivity index (χ2n) is 3.89. The van der Waals surface area contributed by atoms with Crippen LogP contribution in [0.25, 0.3) is 0 Å². The monoisotopic (exact) mass is 290 g/mol. The second kappa shape index (κ2) is 5.28. The zero-order valence-electron chi connectivity index (χ0n) is 9.54. The first-order valence-electron chi connectivity index (χ1n) is 5.28. The predicted octanol–water partition coefficient (Wildman–Crippen LogP) is 3.46. The summed E-state index contributed by atoms with van der Waals surface area (Å²) >= 11 is 1.35. The number of hydrogen-bond donors (Lipinski definition) is 2. The third-order valence-corrected chi connectivity index (χ3v) is 3.38. The van der Waals surface area contributed by atoms with E-state index in [1.54, 1.807) is 16.8 Å². The lowest BCUT2D eigenvalue weighted by molar-refractivity contribution is -0.137. The number of nitrogens with one attached hydrogen (secondary N) is 1. The van der Waals surface area contributed by atoms with Crippen molar-refractivity contribution in [2.24, 2.45) is 5.84 Å². The summed E-state index contributed by atoms with van der Waals surface area (Å²) in [5.41, 5.74) is 1.92. The topological polar surface area (TPSA) is 38.0 Å². The Morgan fingerprint density at radius 2 is 1.95 bits per heavy atom. The first-order chi connectivity index (χ1) is 8.93. The fourth-order valence-corrected chi connectivity index (χ4v) is 2.43. The summed E-state index contributed by atoms with van der Waals surface area (Å²) in [5.74, 6) is 4.60. The van der Waals surface area contributed by atoms with Crippen LogP contribution in [0.5, 0.6) is 0 Å². The molecule has 1 aromatic heterocycles. The van der Waals surface area contributed by atoms with Crippen molar-refractivity contribution < 1.29 is 17.6 Å². The summed E-state index contributed by atoms with van der Waals surface area (Å²) < 4.78 is 51.6. The summed E-state index contributed by atoms with van der Waals surface area (Å²) in [6.07, 6.45) is -4.52. The van der Waals surface area contributed by atoms with Gasteiger partial charge in [-0.05, 0) is 40.6 Å². The molecule has 0 fully saturated rings. The molecule has 1 aromatic carbocycles. The van der Waals surface area contributed by atoms with Gasteiger partial charge in [0, 0.05) is 5.56 Å². The molecule has 0 amide bonds. The van der Waals surface area contributed by atoms with Gasteiger partial charge in [-0.1, -0.05) is 0 Å². The van der Waals surface area contributed by atoms with Crippen molar-refractivity contribution in [3.8, 4) is 0 Å². The highest BCUT2D eigenvalue weighted by Crippen LogP contribution is 2.33. The van der Waals surface area contributed by atoms with Crippen LogP contribution in [0.15, 0.2) is 35.0 Å². The maximum Gasteiger partial charge on any atom is 0.416 e. The van der Waals surface area contributed by atoms with Gasteiger partial charge in [-0.15, -0.1) is 0 Å². The minimum atomic E-state index is -4.52. The van der Waals surface area contributed by atoms with E-state index in [0.717, 1.165) is 12.1 Å². The van der Waals surface area contributed by atoms with Gasteiger partial charge in [-0.25, -0.2) is 9.82 Å². The largest absolute Gasteiger partial charge is 0.416 e. The molecule has 0 saturated heterocycles. The van der Waals surface area contributed by atoms with E-state index < -0.39 is 23.6 Å². The summed E-state index contributed by atoms with van der Waals surface area (Å²) in [5, 5.41) is 3.44. The highest BCUT2D eigenvalue weighted by Gasteiger charge is 2.32. The number of thiophene rings is 1. The van der Waals surface area contributed by atoms with Crippen LogP contribution in [0.2, 0.25) is 0 Å². The Kier molecular flexibility index (Phi) is 3.88. The fourth-order valence-electron chi connectivity index (χ4n) is 1.75. The first kappa shape index (κ1) is 14.0. The van der Waals surface area contributed by atoms with Gasteiger partial charge in [0.15, 0.2) is 0 Å². The second-order valence-corrected chi connectivity index (χ2v) is 4.67. The molecular formula is C12H10F4N2S. The molecule has 2 rings (SSSR count). The van der Waals surface area contributed by atoms with Crippen LogP contribution in [0, 0.1) is 5.82 Å². The number of benzene rings is 1. The lowest BCUT2D eigenvalue weighted by atomic mass is 9.99. The zero-order valence-corrected chi connectivity index (χ0v) is 10.4. The minimum Gasteiger partial charge on any atom is -0.271 e. The minimum absolute atomic E-state index is 0.129. The molecular weight excluding hydrogens is 280 g/mol. The quantitative estimate of drug-likeness (QED) is 0.516. The van der Waals surface area contributed by atoms with Gasteiger partial charge in [0.25, 0.3) is 0 Å². The molecule has 0 aliphatic heterocycles. The van der Waals surface area contributed by atoms with Crippen LogP contribution >= 0.6 is 11.3 Å². The molecule has 0 radical (unpaired) electrons. The summed E-state index contributed by atoms with van der Waals surface area (Å²) in [6.45, 7) is 0. The molecule has 0 saturated carbocycles. The van der Waals surface area contributed by atoms with E-state index in [1.165, 1.54) is 11.3 Å². The number of halogens is 4. The Labute approximate surface area is 110 Å². The summed E-state index contributed by atoms with van der Waals surface area (Å²) in [4.78, 5) is 0. The van der Waals surface area contributed by atoms with Crippen molar-refractivity contribution in [1.82, 2.24) is 5.43 Å². The van der Waals surface area contributed by atoms with Crippen LogP contribution < -0.4 is 11.3 Å². The number of hydrogen-bond acceptors (Lipinski definition) is 3. The van der Waals surface area contributed by atoms with Gasteiger partial charge < -0.3 is 0 Å². The normalized spacial score (nSPS) is 13.5. The third kappa shape index (κ3) is 2.94. The molecule has 3 N–H and O–H groups in total. The third-order valence-electron chi connectivity index (χ3n) is 2.68. The predicted molar refractivity (Wildman–Crippen MR) is 64.9 cm³/mol. The van der Waals surface area contributed by atoms with Crippen molar-refractivity contribution in [3.05, 3.63) is 57.5 Å². The Hall–Kier alpha value is -1.44. The molecule has 1 atom stereocenters. The van der Waals surface area contributed by atoms with E-state index in [1.807, 2.05) is 0 Å². The van der Waals surface area contributed by atoms with Crippen molar-refractivity contribution in [3.63, 3.8) is 0 Å². The van der Waals surface area contributed by atoms with Gasteiger partial charge in [0.1, 0.15) is 5.82 Å². The molecule has 1 unspecified atom stereocenters. The highest BCUT2D eigenvalue weighted by molar-refractivity contribution is 7.08. The average molecular weight is 290 g/mol. The standard InChI is InChI=1S/C12H10F4N2S/c13-10-2-1-8(12(14,15)16)5-9(10)11(18-17)7-3-4-19-6-7/h1-6,11,18H,17H2. The van der Waals surface area contributed by atoms with Crippen molar-refractivity contribution >= 4 is 11.3 Å². The molecule has 0 aliphatic carbocycles. The van der Waals surface area contributed by atoms with Crippen LogP contribution in [0.3, 0.4) is 0 Å². The average Bonchev–Trinajstić information content (AvgIpc) is 2.84. The van der Waals surface area contributed by atoms with E-state index in [-0.39, 0.29) is 5.56 Å². The van der Waals surface area contributed by atoms with E-state index in [4.69, 9.17) is 5.84 Å². The van der Waals surface area contributed by atoms with E-state index >= 15 is 0 Å². The van der Waals surface area contributed by atoms with Gasteiger partial charge in [-0.3, -0.25) is 5.84 Å². The van der Waals surface area contributed by atoms with Crippen LogP contribution in [0.1, 0.15) is 22.7 Å². The lowest BCUT2D eigenvalue weighted by Crippen LogP contribution is -2.29. The van der Waals surface area contributed by atoms with E-state index in [9.17, 15) is 17.6 Å². The molecule has 2 nitrogen and oxygen atoms in total. The Morgan fingerprint density at radius 1 is 1.21 bits per heavy atom. The maximum atomic E-state index is 13.7. The summed E-state index contributed by atoms with van der Waals surface area (Å²) in [6, 6.07) is 3.15. The number of alkyl halides is 3. The molecule has 1 heterocycles. The molecule has 2 aromatic rings. The van der Waals surface area contributed by atoms with Gasteiger partial charge >= 0.3 is 6.18 Å². The fraction of sp³-hybridized carbons (Fsp3) is 0.167. The lowest BCUT2D eigenvalue weighted by Gasteiger charge is -2.17. The highest BCUT2D eigenvalue weighted by atomic mass is 32.1. The van der Waals surface area contributed by atoms with Crippen molar-refractivity contribution in [2.45, 2.75) is 12.2 Å². The Bertz CT molecular complexity index is 551. The molecule has 19 heavy (non-hydrogen) atoms. The van der Waals surface area contributed by atoms with Crippen molar-refractivity contribution in [2.75, 3.05) is 0 Å². The zero-order chi connectivity index (χ0) is 14.0. The number of hydrazine groups is 1. The van der Waals surface area contributed by atoms with Gasteiger partial charge in [-0.2, -0.15) is 24.5 Å². The maximum absolute atomic E-state index is 13.7. The van der Waals surface area contributed by atoms with Gasteiger partial charge in [0.05, 0.1) is 11.6 Å². The van der Waals surface area contributed by atoms with Crippen LogP contribution in [0.4, 0.5) is 17.6 Å². The van der Waals surface area contributed by atoms with Gasteiger partial charge in [0.2, 0.25) is 0 Å². The smallest absolute Gasteiger partial charge is 0.271 e. The van der Waals surface area contributed by atoms with E-state index in [2.05, 4.69) is 5.43 Å². The number of nitrogens with two attached hydrogens (primary N) is 1. The molecule has 0 aliphatic rings.